The number of aromatic amines is 1. The summed E-state index contributed by atoms with van der Waals surface area (Å²) in [6.45, 7) is 0. The second-order valence-corrected chi connectivity index (χ2v) is 5.49. The van der Waals surface area contributed by atoms with Crippen LogP contribution in [0.5, 0.6) is 0 Å². The fraction of sp³-hybridized carbons (Fsp3) is 0. The number of hydrogen-bond acceptors (Lipinski definition) is 3. The van der Waals surface area contributed by atoms with Gasteiger partial charge in [-0.2, -0.15) is 5.10 Å². The van der Waals surface area contributed by atoms with Crippen molar-refractivity contribution in [3.05, 3.63) is 57.7 Å². The van der Waals surface area contributed by atoms with Crippen LogP contribution in [0.3, 0.4) is 0 Å². The third-order valence-corrected chi connectivity index (χ3v) is 3.84. The maximum atomic E-state index is 11.9. The molecule has 3 rings (SSSR count). The number of thiophene rings is 1. The molecule has 1 aromatic carbocycles. The average molecular weight is 304 g/mol. The monoisotopic (exact) mass is 303 g/mol. The van der Waals surface area contributed by atoms with Crippen molar-refractivity contribution >= 4 is 34.7 Å². The molecule has 0 bridgehead atoms. The zero-order valence-electron chi connectivity index (χ0n) is 10.3. The molecule has 100 valence electrons. The summed E-state index contributed by atoms with van der Waals surface area (Å²) in [7, 11) is 0. The summed E-state index contributed by atoms with van der Waals surface area (Å²) in [5.74, 6) is 0.336. The van der Waals surface area contributed by atoms with Crippen LogP contribution in [-0.2, 0) is 0 Å². The molecule has 2 N–H and O–H groups in total. The number of carbonyl (C=O) groups excluding carboxylic acids is 1. The van der Waals surface area contributed by atoms with Gasteiger partial charge in [0.2, 0.25) is 0 Å². The number of benzene rings is 1. The number of aromatic nitrogens is 2. The molecule has 0 aliphatic heterocycles. The average Bonchev–Trinajstić information content (AvgIpc) is 3.10. The van der Waals surface area contributed by atoms with E-state index in [4.69, 9.17) is 11.6 Å². The van der Waals surface area contributed by atoms with E-state index in [1.54, 1.807) is 12.1 Å². The van der Waals surface area contributed by atoms with E-state index < -0.39 is 0 Å². The first-order chi connectivity index (χ1) is 9.72. The molecule has 4 nitrogen and oxygen atoms in total. The number of halogens is 1. The molecule has 0 atom stereocenters. The van der Waals surface area contributed by atoms with Gasteiger partial charge in [-0.3, -0.25) is 9.89 Å². The lowest BCUT2D eigenvalue weighted by atomic mass is 10.1. The molecule has 0 spiro atoms. The Bertz CT molecular complexity index is 719. The molecule has 0 saturated heterocycles. The van der Waals surface area contributed by atoms with Crippen LogP contribution >= 0.6 is 22.9 Å². The van der Waals surface area contributed by atoms with Crippen LogP contribution in [0.4, 0.5) is 5.82 Å². The second-order valence-electron chi connectivity index (χ2n) is 4.11. The predicted molar refractivity (Wildman–Crippen MR) is 81.3 cm³/mol. The Morgan fingerprint density at radius 1 is 1.25 bits per heavy atom. The van der Waals surface area contributed by atoms with Crippen LogP contribution in [0.1, 0.15) is 9.67 Å². The van der Waals surface area contributed by atoms with Gasteiger partial charge in [0.1, 0.15) is 0 Å². The Morgan fingerprint density at radius 3 is 2.75 bits per heavy atom. The minimum Gasteiger partial charge on any atom is -0.304 e. The zero-order valence-corrected chi connectivity index (χ0v) is 11.8. The molecule has 0 radical (unpaired) electrons. The highest BCUT2D eigenvalue weighted by molar-refractivity contribution is 7.12. The lowest BCUT2D eigenvalue weighted by molar-refractivity contribution is 0.103. The molecule has 2 aromatic heterocycles. The third-order valence-electron chi connectivity index (χ3n) is 2.72. The number of H-pyrrole nitrogens is 1. The van der Waals surface area contributed by atoms with Gasteiger partial charge >= 0.3 is 0 Å². The predicted octanol–water partition coefficient (Wildman–Crippen LogP) is 4.04. The maximum Gasteiger partial charge on any atom is 0.266 e. The summed E-state index contributed by atoms with van der Waals surface area (Å²) >= 11 is 7.24. The van der Waals surface area contributed by atoms with E-state index in [0.717, 1.165) is 11.3 Å². The number of nitrogens with zero attached hydrogens (tertiary/aromatic N) is 1. The van der Waals surface area contributed by atoms with Gasteiger partial charge in [-0.15, -0.1) is 11.3 Å². The standard InChI is InChI=1S/C14H10ClN3OS/c15-10-5-3-9(4-6-10)11-8-13(18-17-11)16-14(19)12-2-1-7-20-12/h1-8H,(H2,16,17,18,19). The topological polar surface area (TPSA) is 57.8 Å². The molecule has 1 amide bonds. The molecule has 0 aliphatic carbocycles. The molecule has 0 saturated carbocycles. The Hall–Kier alpha value is -2.11. The van der Waals surface area contributed by atoms with Crippen molar-refractivity contribution in [3.63, 3.8) is 0 Å². The van der Waals surface area contributed by atoms with Crippen molar-refractivity contribution in [2.45, 2.75) is 0 Å². The Kier molecular flexibility index (Phi) is 3.54. The van der Waals surface area contributed by atoms with Gasteiger partial charge in [0.05, 0.1) is 10.6 Å². The van der Waals surface area contributed by atoms with Crippen molar-refractivity contribution in [1.82, 2.24) is 10.2 Å². The van der Waals surface area contributed by atoms with E-state index in [-0.39, 0.29) is 5.91 Å². The van der Waals surface area contributed by atoms with Crippen molar-refractivity contribution in [1.29, 1.82) is 0 Å². The van der Waals surface area contributed by atoms with Crippen LogP contribution in [0.25, 0.3) is 11.3 Å². The summed E-state index contributed by atoms with van der Waals surface area (Å²) in [6, 6.07) is 12.8. The van der Waals surface area contributed by atoms with Gasteiger partial charge in [-0.25, -0.2) is 0 Å². The molecule has 0 unspecified atom stereocenters. The van der Waals surface area contributed by atoms with Crippen LogP contribution in [0.15, 0.2) is 47.8 Å². The van der Waals surface area contributed by atoms with Gasteiger partial charge < -0.3 is 5.32 Å². The number of amides is 1. The van der Waals surface area contributed by atoms with Crippen molar-refractivity contribution in [3.8, 4) is 11.3 Å². The fourth-order valence-corrected chi connectivity index (χ4v) is 2.49. The number of hydrogen-bond donors (Lipinski definition) is 2. The maximum absolute atomic E-state index is 11.9. The SMILES string of the molecule is O=C(Nc1cc(-c2ccc(Cl)cc2)[nH]n1)c1cccs1. The van der Waals surface area contributed by atoms with Gasteiger partial charge in [-0.05, 0) is 29.1 Å². The molecule has 0 fully saturated rings. The number of nitrogens with one attached hydrogen (secondary N) is 2. The second kappa shape index (κ2) is 5.48. The first-order valence-corrected chi connectivity index (χ1v) is 7.14. The fourth-order valence-electron chi connectivity index (χ4n) is 1.75. The van der Waals surface area contributed by atoms with Crippen molar-refractivity contribution < 1.29 is 4.79 Å². The van der Waals surface area contributed by atoms with E-state index in [1.807, 2.05) is 35.7 Å². The molecule has 0 aliphatic rings. The lowest BCUT2D eigenvalue weighted by Crippen LogP contribution is -2.10. The molecule has 20 heavy (non-hydrogen) atoms. The van der Waals surface area contributed by atoms with Crippen LogP contribution in [0.2, 0.25) is 5.02 Å². The normalized spacial score (nSPS) is 10.4. The van der Waals surface area contributed by atoms with Crippen LogP contribution < -0.4 is 5.32 Å². The highest BCUT2D eigenvalue weighted by Gasteiger charge is 2.09. The summed E-state index contributed by atoms with van der Waals surface area (Å²) in [5, 5.41) is 12.3. The lowest BCUT2D eigenvalue weighted by Gasteiger charge is -1.98. The van der Waals surface area contributed by atoms with E-state index in [1.165, 1.54) is 11.3 Å². The van der Waals surface area contributed by atoms with Crippen LogP contribution in [0, 0.1) is 0 Å². The minimum absolute atomic E-state index is 0.158. The Balaban J connectivity index is 1.77. The van der Waals surface area contributed by atoms with Gasteiger partial charge in [0, 0.05) is 11.1 Å². The highest BCUT2D eigenvalue weighted by Crippen LogP contribution is 2.22. The molecule has 6 heteroatoms. The number of carbonyl (C=O) groups is 1. The van der Waals surface area contributed by atoms with Crippen LogP contribution in [-0.4, -0.2) is 16.1 Å². The van der Waals surface area contributed by atoms with Gasteiger partial charge in [0.25, 0.3) is 5.91 Å². The van der Waals surface area contributed by atoms with E-state index in [0.29, 0.717) is 15.7 Å². The summed E-state index contributed by atoms with van der Waals surface area (Å²) < 4.78 is 0. The molecular formula is C14H10ClN3OS. The summed E-state index contributed by atoms with van der Waals surface area (Å²) in [4.78, 5) is 12.5. The number of anilines is 1. The Morgan fingerprint density at radius 2 is 2.05 bits per heavy atom. The summed E-state index contributed by atoms with van der Waals surface area (Å²) in [6.07, 6.45) is 0. The Labute approximate surface area is 124 Å². The number of rotatable bonds is 3. The molecule has 3 aromatic rings. The first kappa shape index (κ1) is 12.9. The van der Waals surface area contributed by atoms with Crippen molar-refractivity contribution in [2.75, 3.05) is 5.32 Å². The smallest absolute Gasteiger partial charge is 0.266 e. The molecular weight excluding hydrogens is 294 g/mol. The molecule has 2 heterocycles. The minimum atomic E-state index is -0.158. The first-order valence-electron chi connectivity index (χ1n) is 5.88. The van der Waals surface area contributed by atoms with Crippen molar-refractivity contribution in [2.24, 2.45) is 0 Å². The van der Waals surface area contributed by atoms with Gasteiger partial charge in [-0.1, -0.05) is 29.8 Å². The quantitative estimate of drug-likeness (QED) is 0.767. The zero-order chi connectivity index (χ0) is 13.9. The van der Waals surface area contributed by atoms with E-state index in [9.17, 15) is 4.79 Å². The van der Waals surface area contributed by atoms with E-state index in [2.05, 4.69) is 15.5 Å². The largest absolute Gasteiger partial charge is 0.304 e. The van der Waals surface area contributed by atoms with E-state index >= 15 is 0 Å². The third kappa shape index (κ3) is 2.74. The van der Waals surface area contributed by atoms with Gasteiger partial charge in [0.15, 0.2) is 5.82 Å². The summed E-state index contributed by atoms with van der Waals surface area (Å²) in [5.41, 5.74) is 1.78. The highest BCUT2D eigenvalue weighted by atomic mass is 35.5.